The van der Waals surface area contributed by atoms with Crippen LogP contribution in [0.4, 0.5) is 0 Å². The Bertz CT molecular complexity index is 2490. The SMILES string of the molecule is COc1cc(-c2cn(C)c(=O)c3cnccc23)cc(OC)c1CN(C)CC1CC2CN(C(=O)CCOCCOc3ccc4c(c3)C(=O)N(C3CCC(=O)CC3=O)C4=O)C[C@@]2(C)C1. The van der Waals surface area contributed by atoms with Gasteiger partial charge in [0.05, 0.1) is 68.4 Å². The molecule has 15 heteroatoms. The molecule has 0 radical (unpaired) electrons. The number of fused-ring (bicyclic) bond motifs is 3. The van der Waals surface area contributed by atoms with Crippen molar-refractivity contribution in [3.63, 3.8) is 0 Å². The lowest BCUT2D eigenvalue weighted by Gasteiger charge is -2.27. The monoisotopic (exact) mass is 847 g/mol. The number of Topliss-reactive ketones (excluding diaryl/α,β-unsaturated/α-hetero) is 2. The van der Waals surface area contributed by atoms with Crippen LogP contribution in [-0.4, -0.2) is 120 Å². The summed E-state index contributed by atoms with van der Waals surface area (Å²) in [5, 5.41) is 1.36. The van der Waals surface area contributed by atoms with E-state index >= 15 is 0 Å². The van der Waals surface area contributed by atoms with Gasteiger partial charge in [-0.2, -0.15) is 0 Å². The van der Waals surface area contributed by atoms with E-state index in [1.807, 2.05) is 29.3 Å². The van der Waals surface area contributed by atoms with Gasteiger partial charge in [0, 0.05) is 63.8 Å². The molecule has 2 saturated carbocycles. The van der Waals surface area contributed by atoms with Gasteiger partial charge in [-0.1, -0.05) is 6.92 Å². The Labute approximate surface area is 359 Å². The Morgan fingerprint density at radius 2 is 1.69 bits per heavy atom. The van der Waals surface area contributed by atoms with Gasteiger partial charge in [0.25, 0.3) is 17.4 Å². The first-order valence-corrected chi connectivity index (χ1v) is 21.2. The maximum atomic E-state index is 13.3. The zero-order valence-corrected chi connectivity index (χ0v) is 35.9. The lowest BCUT2D eigenvalue weighted by Crippen LogP contribution is -2.47. The van der Waals surface area contributed by atoms with Crippen molar-refractivity contribution >= 4 is 40.1 Å². The first-order valence-electron chi connectivity index (χ1n) is 21.2. The highest BCUT2D eigenvalue weighted by Gasteiger charge is 2.51. The van der Waals surface area contributed by atoms with Gasteiger partial charge >= 0.3 is 0 Å². The molecule has 1 saturated heterocycles. The number of nitrogens with zero attached hydrogens (tertiary/aromatic N) is 5. The molecule has 4 aliphatic rings. The number of pyridine rings is 2. The van der Waals surface area contributed by atoms with Gasteiger partial charge in [-0.3, -0.25) is 38.7 Å². The van der Waals surface area contributed by atoms with E-state index in [4.69, 9.17) is 18.9 Å². The van der Waals surface area contributed by atoms with Crippen LogP contribution in [0.2, 0.25) is 0 Å². The lowest BCUT2D eigenvalue weighted by molar-refractivity contribution is -0.133. The predicted molar refractivity (Wildman–Crippen MR) is 228 cm³/mol. The van der Waals surface area contributed by atoms with Crippen LogP contribution in [-0.2, 0) is 32.7 Å². The second-order valence-corrected chi connectivity index (χ2v) is 17.5. The summed E-state index contributed by atoms with van der Waals surface area (Å²) in [4.78, 5) is 85.8. The summed E-state index contributed by atoms with van der Waals surface area (Å²) in [6, 6.07) is 9.56. The molecule has 4 aromatic rings. The highest BCUT2D eigenvalue weighted by Crippen LogP contribution is 2.51. The Balaban J connectivity index is 0.785. The number of hydrogen-bond donors (Lipinski definition) is 0. The van der Waals surface area contributed by atoms with Crippen LogP contribution in [0.5, 0.6) is 17.2 Å². The molecule has 15 nitrogen and oxygen atoms in total. The van der Waals surface area contributed by atoms with E-state index in [2.05, 4.69) is 23.9 Å². The fourth-order valence-electron chi connectivity index (χ4n) is 10.2. The Hall–Kier alpha value is -5.93. The van der Waals surface area contributed by atoms with Crippen LogP contribution in [0, 0.1) is 17.3 Å². The van der Waals surface area contributed by atoms with E-state index in [9.17, 15) is 28.8 Å². The molecule has 8 rings (SSSR count). The van der Waals surface area contributed by atoms with Crippen molar-refractivity contribution in [2.24, 2.45) is 24.3 Å². The number of rotatable bonds is 15. The Morgan fingerprint density at radius 1 is 0.935 bits per heavy atom. The van der Waals surface area contributed by atoms with Crippen LogP contribution in [0.3, 0.4) is 0 Å². The molecule has 3 amide bonds. The third-order valence-corrected chi connectivity index (χ3v) is 13.2. The second-order valence-electron chi connectivity index (χ2n) is 17.5. The minimum Gasteiger partial charge on any atom is -0.496 e. The topological polar surface area (TPSA) is 167 Å². The highest BCUT2D eigenvalue weighted by atomic mass is 16.5. The Morgan fingerprint density at radius 3 is 2.42 bits per heavy atom. The van der Waals surface area contributed by atoms with Gasteiger partial charge < -0.3 is 33.3 Å². The van der Waals surface area contributed by atoms with Crippen LogP contribution >= 0.6 is 0 Å². The number of imide groups is 1. The van der Waals surface area contributed by atoms with Gasteiger partial charge in [-0.05, 0) is 90.9 Å². The van der Waals surface area contributed by atoms with Crippen LogP contribution in [0.1, 0.15) is 71.7 Å². The minimum atomic E-state index is -0.923. The summed E-state index contributed by atoms with van der Waals surface area (Å²) >= 11 is 0. The molecule has 326 valence electrons. The molecular formula is C47H53N5O10. The average Bonchev–Trinajstić information content (AvgIpc) is 3.83. The van der Waals surface area contributed by atoms with E-state index in [-0.39, 0.29) is 79.3 Å². The Kier molecular flexibility index (Phi) is 12.0. The number of benzene rings is 2. The van der Waals surface area contributed by atoms with Crippen molar-refractivity contribution < 1.29 is 42.9 Å². The standard InChI is InChI=1S/C47H53N5O10/c1-47-21-28(23-49(2)25-38-41(59-4)17-29(18-42(38)60-5)37-26-50(3)44(56)36-22-48-12-10-33(36)37)16-30(47)24-51(27-47)43(55)11-13-61-14-15-62-32-7-8-34-35(20-32)46(58)52(45(34)57)39-9-6-31(53)19-40(39)54/h7-8,10,12,17-18,20,22,26,28,30,39H,6,9,11,13-16,19,21,23-25,27H2,1-5H3/t28?,30?,39?,47-/m1/s1. The molecule has 4 heterocycles. The number of ether oxygens (including phenoxy) is 4. The van der Waals surface area contributed by atoms with Crippen LogP contribution in [0.15, 0.2) is 59.8 Å². The van der Waals surface area contributed by atoms with Crippen LogP contribution in [0.25, 0.3) is 21.9 Å². The molecule has 2 aromatic carbocycles. The van der Waals surface area contributed by atoms with E-state index in [0.717, 1.165) is 59.5 Å². The minimum absolute atomic E-state index is 0.0465. The van der Waals surface area contributed by atoms with Crippen molar-refractivity contribution in [2.45, 2.75) is 58.0 Å². The van der Waals surface area contributed by atoms with Crippen molar-refractivity contribution in [1.29, 1.82) is 0 Å². The fourth-order valence-corrected chi connectivity index (χ4v) is 10.2. The quantitative estimate of drug-likeness (QED) is 0.0922. The molecule has 62 heavy (non-hydrogen) atoms. The number of methoxy groups -OCH3 is 2. The summed E-state index contributed by atoms with van der Waals surface area (Å²) in [5.74, 6) is 1.10. The summed E-state index contributed by atoms with van der Waals surface area (Å²) in [6.07, 6.45) is 7.51. The lowest BCUT2D eigenvalue weighted by atomic mass is 9.83. The highest BCUT2D eigenvalue weighted by molar-refractivity contribution is 6.23. The molecule has 0 spiro atoms. The number of aromatic nitrogens is 2. The first-order chi connectivity index (χ1) is 29.8. The molecule has 4 atom stereocenters. The summed E-state index contributed by atoms with van der Waals surface area (Å²) < 4.78 is 25.0. The molecule has 2 aliphatic carbocycles. The van der Waals surface area contributed by atoms with E-state index in [1.165, 1.54) is 12.1 Å². The normalized spacial score (nSPS) is 22.2. The number of ketones is 2. The molecule has 3 fully saturated rings. The average molecular weight is 848 g/mol. The molecule has 0 N–H and O–H groups in total. The summed E-state index contributed by atoms with van der Waals surface area (Å²) in [7, 11) is 7.18. The van der Waals surface area contributed by atoms with Crippen molar-refractivity contribution in [1.82, 2.24) is 24.3 Å². The number of carbonyl (C=O) groups is 5. The molecule has 2 aromatic heterocycles. The van der Waals surface area contributed by atoms with E-state index < -0.39 is 23.6 Å². The maximum absolute atomic E-state index is 13.3. The zero-order valence-electron chi connectivity index (χ0n) is 35.9. The third kappa shape index (κ3) is 8.22. The van der Waals surface area contributed by atoms with Gasteiger partial charge in [0.2, 0.25) is 5.91 Å². The van der Waals surface area contributed by atoms with Gasteiger partial charge in [0.15, 0.2) is 5.78 Å². The van der Waals surface area contributed by atoms with Crippen molar-refractivity contribution in [2.75, 3.05) is 60.7 Å². The fraction of sp³-hybridized carbons (Fsp3) is 0.468. The predicted octanol–water partition coefficient (Wildman–Crippen LogP) is 4.70. The zero-order chi connectivity index (χ0) is 43.9. The molecular weight excluding hydrogens is 795 g/mol. The molecule has 3 unspecified atom stereocenters. The smallest absolute Gasteiger partial charge is 0.262 e. The number of likely N-dealkylation sites (tertiary alicyclic amines) is 1. The van der Waals surface area contributed by atoms with E-state index in [0.29, 0.717) is 41.0 Å². The number of carbonyl (C=O) groups excluding carboxylic acids is 5. The third-order valence-electron chi connectivity index (χ3n) is 13.2. The maximum Gasteiger partial charge on any atom is 0.262 e. The molecule has 0 bridgehead atoms. The first kappa shape index (κ1) is 42.7. The summed E-state index contributed by atoms with van der Waals surface area (Å²) in [6.45, 7) is 5.95. The second kappa shape index (κ2) is 17.4. The van der Waals surface area contributed by atoms with Gasteiger partial charge in [-0.25, -0.2) is 0 Å². The van der Waals surface area contributed by atoms with Gasteiger partial charge in [-0.15, -0.1) is 0 Å². The number of amides is 3. The van der Waals surface area contributed by atoms with Crippen molar-refractivity contribution in [3.05, 3.63) is 82.0 Å². The van der Waals surface area contributed by atoms with Crippen molar-refractivity contribution in [3.8, 4) is 28.4 Å². The number of aryl methyl sites for hydroxylation is 1. The number of hydrogen-bond acceptors (Lipinski definition) is 12. The van der Waals surface area contributed by atoms with E-state index in [1.54, 1.807) is 44.3 Å². The molecule has 2 aliphatic heterocycles. The van der Waals surface area contributed by atoms with Gasteiger partial charge in [0.1, 0.15) is 29.6 Å². The largest absolute Gasteiger partial charge is 0.496 e. The van der Waals surface area contributed by atoms with Crippen LogP contribution < -0.4 is 19.8 Å². The summed E-state index contributed by atoms with van der Waals surface area (Å²) in [5.41, 5.74) is 3.03.